The Morgan fingerprint density at radius 1 is 1.62 bits per heavy atom. The third-order valence-corrected chi connectivity index (χ3v) is 1.68. The highest BCUT2D eigenvalue weighted by molar-refractivity contribution is 5.03. The first-order valence-electron chi connectivity index (χ1n) is 3.77. The second-order valence-electron chi connectivity index (χ2n) is 2.71. The molecular weight excluding hydrogens is 170 g/mol. The fourth-order valence-corrected chi connectivity index (χ4v) is 1.05. The zero-order chi connectivity index (χ0) is 10.0. The van der Waals surface area contributed by atoms with Crippen molar-refractivity contribution in [3.05, 3.63) is 45.3 Å². The van der Waals surface area contributed by atoms with Crippen molar-refractivity contribution < 1.29 is 0 Å². The summed E-state index contributed by atoms with van der Waals surface area (Å²) in [7, 11) is 0. The summed E-state index contributed by atoms with van der Waals surface area (Å²) in [6.45, 7) is 5.23. The number of rotatable bonds is 2. The molecule has 0 unspecified atom stereocenters. The van der Waals surface area contributed by atoms with E-state index < -0.39 is 5.69 Å². The van der Waals surface area contributed by atoms with Gasteiger partial charge in [-0.1, -0.05) is 6.08 Å². The van der Waals surface area contributed by atoms with E-state index in [0.717, 1.165) is 9.24 Å². The van der Waals surface area contributed by atoms with Gasteiger partial charge in [-0.2, -0.15) is 0 Å². The lowest BCUT2D eigenvalue weighted by Crippen LogP contribution is -2.43. The Morgan fingerprint density at radius 3 is 2.77 bits per heavy atom. The van der Waals surface area contributed by atoms with E-state index in [0.29, 0.717) is 5.56 Å². The maximum absolute atomic E-state index is 11.4. The maximum Gasteiger partial charge on any atom is 0.349 e. The van der Waals surface area contributed by atoms with Crippen LogP contribution >= 0.6 is 0 Å². The van der Waals surface area contributed by atoms with E-state index in [1.807, 2.05) is 0 Å². The van der Waals surface area contributed by atoms with Gasteiger partial charge in [0.25, 0.3) is 5.56 Å². The van der Waals surface area contributed by atoms with Crippen LogP contribution in [0, 0.1) is 6.92 Å². The Kier molecular flexibility index (Phi) is 2.36. The van der Waals surface area contributed by atoms with Gasteiger partial charge in [0.15, 0.2) is 0 Å². The highest BCUT2D eigenvalue weighted by Gasteiger charge is 2.04. The van der Waals surface area contributed by atoms with Gasteiger partial charge in [0.2, 0.25) is 0 Å². The van der Waals surface area contributed by atoms with Gasteiger partial charge in [-0.05, 0) is 6.92 Å². The monoisotopic (exact) mass is 181 g/mol. The first kappa shape index (κ1) is 9.31. The molecule has 0 fully saturated rings. The van der Waals surface area contributed by atoms with Gasteiger partial charge in [0.1, 0.15) is 0 Å². The Labute approximate surface area is 74.7 Å². The molecule has 1 aromatic rings. The topological polar surface area (TPSA) is 70.0 Å². The van der Waals surface area contributed by atoms with Crippen LogP contribution in [0.5, 0.6) is 0 Å². The van der Waals surface area contributed by atoms with E-state index in [9.17, 15) is 9.59 Å². The molecule has 0 spiro atoms. The molecule has 1 aromatic heterocycles. The SMILES string of the molecule is C=CCn1c(=O)c(C)cn(N)c1=O. The predicted octanol–water partition coefficient (Wildman–Crippen LogP) is -0.782. The number of aryl methyl sites for hydroxylation is 1. The van der Waals surface area contributed by atoms with Gasteiger partial charge in [0.05, 0.1) is 0 Å². The first-order chi connectivity index (χ1) is 6.07. The highest BCUT2D eigenvalue weighted by Crippen LogP contribution is 1.82. The van der Waals surface area contributed by atoms with Crippen LogP contribution in [0.1, 0.15) is 5.56 Å². The van der Waals surface area contributed by atoms with Crippen molar-refractivity contribution in [1.29, 1.82) is 0 Å². The van der Waals surface area contributed by atoms with Crippen molar-refractivity contribution >= 4 is 0 Å². The van der Waals surface area contributed by atoms with Crippen LogP contribution < -0.4 is 17.1 Å². The van der Waals surface area contributed by atoms with Gasteiger partial charge in [-0.15, -0.1) is 6.58 Å². The highest BCUT2D eigenvalue weighted by atomic mass is 16.2. The summed E-state index contributed by atoms with van der Waals surface area (Å²) in [5, 5.41) is 0. The summed E-state index contributed by atoms with van der Waals surface area (Å²) in [5.41, 5.74) is -0.425. The molecule has 1 heterocycles. The molecule has 1 rings (SSSR count). The molecule has 0 aliphatic heterocycles. The number of hydrogen-bond acceptors (Lipinski definition) is 3. The van der Waals surface area contributed by atoms with Crippen LogP contribution in [0.3, 0.4) is 0 Å². The van der Waals surface area contributed by atoms with Crippen molar-refractivity contribution in [2.45, 2.75) is 13.5 Å². The molecule has 2 N–H and O–H groups in total. The van der Waals surface area contributed by atoms with E-state index in [1.165, 1.54) is 12.3 Å². The number of nitrogens with zero attached hydrogens (tertiary/aromatic N) is 2. The van der Waals surface area contributed by atoms with Crippen molar-refractivity contribution in [3.8, 4) is 0 Å². The Morgan fingerprint density at radius 2 is 2.23 bits per heavy atom. The van der Waals surface area contributed by atoms with Crippen LogP contribution in [0.25, 0.3) is 0 Å². The average Bonchev–Trinajstić information content (AvgIpc) is 2.09. The van der Waals surface area contributed by atoms with E-state index >= 15 is 0 Å². The average molecular weight is 181 g/mol. The van der Waals surface area contributed by atoms with Gasteiger partial charge >= 0.3 is 5.69 Å². The van der Waals surface area contributed by atoms with E-state index in [1.54, 1.807) is 6.92 Å². The van der Waals surface area contributed by atoms with Crippen LogP contribution in [0.15, 0.2) is 28.4 Å². The molecule has 13 heavy (non-hydrogen) atoms. The molecule has 70 valence electrons. The summed E-state index contributed by atoms with van der Waals surface area (Å²) in [6, 6.07) is 0. The number of allylic oxidation sites excluding steroid dienone is 1. The molecule has 0 aromatic carbocycles. The molecule has 0 bridgehead atoms. The molecule has 0 saturated heterocycles. The van der Waals surface area contributed by atoms with E-state index in [-0.39, 0.29) is 12.1 Å². The quantitative estimate of drug-likeness (QED) is 0.480. The lowest BCUT2D eigenvalue weighted by atomic mass is 10.4. The second-order valence-corrected chi connectivity index (χ2v) is 2.71. The number of nitrogen functional groups attached to an aromatic ring is 1. The molecule has 0 atom stereocenters. The molecular formula is C8H11N3O2. The Bertz CT molecular complexity index is 407. The Balaban J connectivity index is 3.56. The summed E-state index contributed by atoms with van der Waals surface area (Å²) in [6.07, 6.45) is 2.78. The first-order valence-corrected chi connectivity index (χ1v) is 3.77. The smallest absolute Gasteiger partial charge is 0.335 e. The van der Waals surface area contributed by atoms with Crippen LogP contribution in [0.2, 0.25) is 0 Å². The van der Waals surface area contributed by atoms with Gasteiger partial charge in [-0.3, -0.25) is 9.36 Å². The minimum Gasteiger partial charge on any atom is -0.335 e. The molecule has 0 saturated carbocycles. The third-order valence-electron chi connectivity index (χ3n) is 1.68. The van der Waals surface area contributed by atoms with Crippen LogP contribution in [0.4, 0.5) is 0 Å². The number of aromatic nitrogens is 2. The normalized spacial score (nSPS) is 9.92. The zero-order valence-electron chi connectivity index (χ0n) is 7.36. The van der Waals surface area contributed by atoms with Crippen molar-refractivity contribution in [2.24, 2.45) is 0 Å². The predicted molar refractivity (Wildman–Crippen MR) is 50.0 cm³/mol. The molecule has 5 heteroatoms. The lowest BCUT2D eigenvalue weighted by molar-refractivity contribution is 0.660. The van der Waals surface area contributed by atoms with E-state index in [4.69, 9.17) is 5.84 Å². The summed E-state index contributed by atoms with van der Waals surface area (Å²) in [5.74, 6) is 5.33. The summed E-state index contributed by atoms with van der Waals surface area (Å²) in [4.78, 5) is 22.7. The van der Waals surface area contributed by atoms with Gasteiger partial charge in [-0.25, -0.2) is 9.47 Å². The lowest BCUT2D eigenvalue weighted by Gasteiger charge is -2.04. The van der Waals surface area contributed by atoms with Gasteiger partial charge < -0.3 is 5.84 Å². The largest absolute Gasteiger partial charge is 0.349 e. The minimum absolute atomic E-state index is 0.177. The minimum atomic E-state index is -0.532. The maximum atomic E-state index is 11.4. The van der Waals surface area contributed by atoms with E-state index in [2.05, 4.69) is 6.58 Å². The molecule has 0 amide bonds. The molecule has 0 aliphatic carbocycles. The van der Waals surface area contributed by atoms with Crippen molar-refractivity contribution in [2.75, 3.05) is 5.84 Å². The third kappa shape index (κ3) is 1.53. The second kappa shape index (κ2) is 3.30. The van der Waals surface area contributed by atoms with Crippen molar-refractivity contribution in [1.82, 2.24) is 9.24 Å². The van der Waals surface area contributed by atoms with Crippen molar-refractivity contribution in [3.63, 3.8) is 0 Å². The summed E-state index contributed by atoms with van der Waals surface area (Å²) < 4.78 is 1.92. The van der Waals surface area contributed by atoms with Gasteiger partial charge in [0, 0.05) is 18.3 Å². The van der Waals surface area contributed by atoms with Crippen LogP contribution in [-0.4, -0.2) is 9.24 Å². The van der Waals surface area contributed by atoms with Crippen LogP contribution in [-0.2, 0) is 6.54 Å². The fraction of sp³-hybridized carbons (Fsp3) is 0.250. The molecule has 0 radical (unpaired) electrons. The standard InChI is InChI=1S/C8H11N3O2/c1-3-4-10-7(12)6(2)5-11(9)8(10)13/h3,5H,1,4,9H2,2H3. The molecule has 0 aliphatic rings. The summed E-state index contributed by atoms with van der Waals surface area (Å²) >= 11 is 0. The fourth-order valence-electron chi connectivity index (χ4n) is 1.05. The number of nitrogens with two attached hydrogens (primary N) is 1. The molecule has 5 nitrogen and oxygen atoms in total. The number of hydrogen-bond donors (Lipinski definition) is 1. The Hall–Kier alpha value is -1.78. The zero-order valence-corrected chi connectivity index (χ0v) is 7.36.